The molecule has 1 aliphatic heterocycles. The predicted molar refractivity (Wildman–Crippen MR) is 83.6 cm³/mol. The van der Waals surface area contributed by atoms with E-state index < -0.39 is 8.32 Å². The number of ether oxygens (including phenoxy) is 1. The zero-order valence-electron chi connectivity index (χ0n) is 13.4. The summed E-state index contributed by atoms with van der Waals surface area (Å²) in [5.41, 5.74) is 1.03. The highest BCUT2D eigenvalue weighted by molar-refractivity contribution is 6.74. The highest BCUT2D eigenvalue weighted by atomic mass is 28.4. The van der Waals surface area contributed by atoms with Gasteiger partial charge in [0.2, 0.25) is 0 Å². The van der Waals surface area contributed by atoms with Crippen LogP contribution in [0.5, 0.6) is 0 Å². The number of hydrogen-bond acceptors (Lipinski definition) is 3. The lowest BCUT2D eigenvalue weighted by molar-refractivity contribution is 0.0331. The smallest absolute Gasteiger partial charge is 0.252 e. The molecule has 1 saturated heterocycles. The Morgan fingerprint density at radius 3 is 2.21 bits per heavy atom. The Kier molecular flexibility index (Phi) is 5.27. The molecule has 1 heterocycles. The first-order valence-electron chi connectivity index (χ1n) is 7.02. The van der Waals surface area contributed by atoms with E-state index in [-0.39, 0.29) is 5.04 Å². The summed E-state index contributed by atoms with van der Waals surface area (Å²) in [6, 6.07) is 0. The van der Waals surface area contributed by atoms with Gasteiger partial charge in [-0.05, 0) is 31.1 Å². The van der Waals surface area contributed by atoms with E-state index in [1.807, 2.05) is 6.92 Å². The Balaban J connectivity index is 2.90. The number of allylic oxidation sites excluding steroid dienone is 2. The second kappa shape index (κ2) is 6.14. The van der Waals surface area contributed by atoms with Crippen molar-refractivity contribution in [1.29, 1.82) is 0 Å². The first kappa shape index (κ1) is 16.3. The molecule has 0 amide bonds. The molecule has 1 aliphatic rings. The summed E-state index contributed by atoms with van der Waals surface area (Å²) in [4.78, 5) is 2.28. The number of nitrogens with zero attached hydrogens (tertiary/aromatic N) is 1. The molecule has 0 aromatic heterocycles. The summed E-state index contributed by atoms with van der Waals surface area (Å²) in [7, 11) is -1.81. The minimum atomic E-state index is -1.81. The van der Waals surface area contributed by atoms with Gasteiger partial charge in [0.05, 0.1) is 13.2 Å². The Morgan fingerprint density at radius 1 is 1.26 bits per heavy atom. The maximum absolute atomic E-state index is 6.46. The Labute approximate surface area is 119 Å². The number of morpholine rings is 1. The van der Waals surface area contributed by atoms with Crippen LogP contribution in [0.4, 0.5) is 0 Å². The van der Waals surface area contributed by atoms with E-state index in [2.05, 4.69) is 51.4 Å². The lowest BCUT2D eigenvalue weighted by Crippen LogP contribution is -2.45. The van der Waals surface area contributed by atoms with Crippen LogP contribution in [0.2, 0.25) is 18.1 Å². The zero-order chi connectivity index (χ0) is 14.7. The van der Waals surface area contributed by atoms with Crippen molar-refractivity contribution >= 4 is 8.32 Å². The summed E-state index contributed by atoms with van der Waals surface area (Å²) in [5.74, 6) is 0.974. The van der Waals surface area contributed by atoms with Gasteiger partial charge in [0.15, 0.2) is 5.88 Å². The van der Waals surface area contributed by atoms with Gasteiger partial charge in [-0.2, -0.15) is 0 Å². The molecular formula is C15H29NO2Si. The molecule has 0 unspecified atom stereocenters. The minimum Gasteiger partial charge on any atom is -0.532 e. The van der Waals surface area contributed by atoms with Gasteiger partial charge >= 0.3 is 0 Å². The van der Waals surface area contributed by atoms with E-state index in [0.29, 0.717) is 0 Å². The quantitative estimate of drug-likeness (QED) is 0.445. The van der Waals surface area contributed by atoms with E-state index >= 15 is 0 Å². The van der Waals surface area contributed by atoms with E-state index in [4.69, 9.17) is 9.16 Å². The van der Waals surface area contributed by atoms with Crippen molar-refractivity contribution < 1.29 is 9.16 Å². The molecule has 0 radical (unpaired) electrons. The normalized spacial score (nSPS) is 18.4. The van der Waals surface area contributed by atoms with Crippen LogP contribution >= 0.6 is 0 Å². The zero-order valence-corrected chi connectivity index (χ0v) is 14.4. The van der Waals surface area contributed by atoms with Crippen molar-refractivity contribution in [3.8, 4) is 0 Å². The van der Waals surface area contributed by atoms with E-state index in [9.17, 15) is 0 Å². The van der Waals surface area contributed by atoms with Gasteiger partial charge in [-0.3, -0.25) is 0 Å². The minimum absolute atomic E-state index is 0.202. The molecule has 0 saturated carbocycles. The van der Waals surface area contributed by atoms with Crippen LogP contribution in [0.25, 0.3) is 0 Å². The molecule has 0 bridgehead atoms. The van der Waals surface area contributed by atoms with E-state index in [1.165, 1.54) is 0 Å². The van der Waals surface area contributed by atoms with Gasteiger partial charge in [-0.15, -0.1) is 0 Å². The molecule has 0 spiro atoms. The molecule has 0 N–H and O–H groups in total. The highest BCUT2D eigenvalue weighted by Gasteiger charge is 2.40. The van der Waals surface area contributed by atoms with Crippen molar-refractivity contribution in [3.05, 3.63) is 24.1 Å². The predicted octanol–water partition coefficient (Wildman–Crippen LogP) is 3.76. The lowest BCUT2D eigenvalue weighted by Gasteiger charge is -2.41. The Bertz CT molecular complexity index is 350. The van der Waals surface area contributed by atoms with Gasteiger partial charge in [-0.25, -0.2) is 0 Å². The van der Waals surface area contributed by atoms with Crippen LogP contribution in [0.15, 0.2) is 24.1 Å². The van der Waals surface area contributed by atoms with E-state index in [1.54, 1.807) is 0 Å². The van der Waals surface area contributed by atoms with Crippen LogP contribution in [-0.2, 0) is 9.16 Å². The molecule has 0 aliphatic carbocycles. The fraction of sp³-hybridized carbons (Fsp3) is 0.733. The van der Waals surface area contributed by atoms with Crippen molar-refractivity contribution in [2.75, 3.05) is 26.3 Å². The largest absolute Gasteiger partial charge is 0.532 e. The van der Waals surface area contributed by atoms with Crippen LogP contribution in [0.1, 0.15) is 27.7 Å². The highest BCUT2D eigenvalue weighted by Crippen LogP contribution is 2.38. The van der Waals surface area contributed by atoms with Crippen LogP contribution in [0.3, 0.4) is 0 Å². The maximum Gasteiger partial charge on any atom is 0.252 e. The lowest BCUT2D eigenvalue weighted by atomic mass is 10.2. The summed E-state index contributed by atoms with van der Waals surface area (Å²) in [6.07, 6.45) is 2.06. The monoisotopic (exact) mass is 283 g/mol. The van der Waals surface area contributed by atoms with Gasteiger partial charge in [-0.1, -0.05) is 32.9 Å². The molecule has 0 aromatic carbocycles. The topological polar surface area (TPSA) is 21.7 Å². The Hall–Kier alpha value is -0.743. The fourth-order valence-electron chi connectivity index (χ4n) is 1.59. The first-order chi connectivity index (χ1) is 8.63. The summed E-state index contributed by atoms with van der Waals surface area (Å²) in [6.45, 7) is 20.7. The van der Waals surface area contributed by atoms with Gasteiger partial charge < -0.3 is 14.1 Å². The average molecular weight is 283 g/mol. The number of rotatable bonds is 4. The SMILES string of the molecule is C=C(C)/C=C(\O[Si](C)(C)C(C)(C)C)N1CCOCC1. The van der Waals surface area contributed by atoms with Gasteiger partial charge in [0.25, 0.3) is 8.32 Å². The first-order valence-corrected chi connectivity index (χ1v) is 9.93. The van der Waals surface area contributed by atoms with Crippen molar-refractivity contribution in [1.82, 2.24) is 4.90 Å². The van der Waals surface area contributed by atoms with Crippen molar-refractivity contribution in [3.63, 3.8) is 0 Å². The van der Waals surface area contributed by atoms with Gasteiger partial charge in [0, 0.05) is 13.1 Å². The molecule has 110 valence electrons. The molecule has 19 heavy (non-hydrogen) atoms. The second-order valence-electron chi connectivity index (χ2n) is 6.79. The van der Waals surface area contributed by atoms with Crippen molar-refractivity contribution in [2.45, 2.75) is 45.8 Å². The fourth-order valence-corrected chi connectivity index (χ4v) is 2.61. The molecule has 0 aromatic rings. The third kappa shape index (κ3) is 4.69. The maximum atomic E-state index is 6.46. The standard InChI is InChI=1S/C15H29NO2Si/c1-13(2)12-14(16-8-10-17-11-9-16)18-19(6,7)15(3,4)5/h12H,1,8-11H2,2-7H3/b14-12-. The third-order valence-electron chi connectivity index (χ3n) is 3.86. The molecule has 0 atom stereocenters. The van der Waals surface area contributed by atoms with Gasteiger partial charge in [0.1, 0.15) is 0 Å². The van der Waals surface area contributed by atoms with Crippen LogP contribution in [0, 0.1) is 0 Å². The molecule has 1 rings (SSSR count). The molecular weight excluding hydrogens is 254 g/mol. The summed E-state index contributed by atoms with van der Waals surface area (Å²) < 4.78 is 11.9. The third-order valence-corrected chi connectivity index (χ3v) is 8.19. The molecule has 3 nitrogen and oxygen atoms in total. The Morgan fingerprint density at radius 2 is 1.79 bits per heavy atom. The summed E-state index contributed by atoms with van der Waals surface area (Å²) >= 11 is 0. The number of hydrogen-bond donors (Lipinski definition) is 0. The van der Waals surface area contributed by atoms with Crippen LogP contribution < -0.4 is 0 Å². The second-order valence-corrected chi connectivity index (χ2v) is 11.5. The summed E-state index contributed by atoms with van der Waals surface area (Å²) in [5, 5.41) is 0.202. The molecule has 1 fully saturated rings. The van der Waals surface area contributed by atoms with E-state index in [0.717, 1.165) is 37.8 Å². The molecule has 4 heteroatoms. The van der Waals surface area contributed by atoms with Crippen LogP contribution in [-0.4, -0.2) is 39.5 Å². The van der Waals surface area contributed by atoms with Crippen molar-refractivity contribution in [2.24, 2.45) is 0 Å². The average Bonchev–Trinajstić information content (AvgIpc) is 2.27.